The molecule has 1 aliphatic rings. The molecular formula is C37H24Br4N2. The zero-order valence-electron chi connectivity index (χ0n) is 23.0. The van der Waals surface area contributed by atoms with Crippen LogP contribution in [0.2, 0.25) is 0 Å². The molecule has 0 amide bonds. The molecule has 7 aromatic rings. The van der Waals surface area contributed by atoms with E-state index in [1.807, 2.05) is 0 Å². The van der Waals surface area contributed by atoms with Gasteiger partial charge in [-0.1, -0.05) is 107 Å². The van der Waals surface area contributed by atoms with Gasteiger partial charge in [-0.3, -0.25) is 0 Å². The number of fused-ring (bicyclic) bond motifs is 6. The highest BCUT2D eigenvalue weighted by atomic mass is 79.9. The van der Waals surface area contributed by atoms with Crippen LogP contribution in [0.1, 0.15) is 6.92 Å². The zero-order valence-corrected chi connectivity index (χ0v) is 29.4. The van der Waals surface area contributed by atoms with Crippen LogP contribution in [0.15, 0.2) is 117 Å². The van der Waals surface area contributed by atoms with Gasteiger partial charge in [0.2, 0.25) is 0 Å². The molecule has 0 saturated carbocycles. The highest BCUT2D eigenvalue weighted by Crippen LogP contribution is 2.36. The van der Waals surface area contributed by atoms with E-state index >= 15 is 0 Å². The summed E-state index contributed by atoms with van der Waals surface area (Å²) in [4.78, 5) is 0.328. The van der Waals surface area contributed by atoms with Gasteiger partial charge < -0.3 is 9.13 Å². The standard InChI is InChI=1S/C37H24Br4N2/c1-21-16-37-32(20-33(21)41)31-19-26(40)8-15-36(31)43(37)28-11-4-23(5-12-28)22-2-9-27(10-3-22)42-34-13-6-24(38)17-29(34)30-18-25(39)7-14-35(30)42/h2-21,33H,1H3/t21?,33-/m0/s1. The smallest absolute Gasteiger partial charge is 0.0541 e. The lowest BCUT2D eigenvalue weighted by molar-refractivity contribution is 0.816. The molecule has 0 bridgehead atoms. The summed E-state index contributed by atoms with van der Waals surface area (Å²) in [6.07, 6.45) is 4.75. The third-order valence-electron chi connectivity index (χ3n) is 8.53. The van der Waals surface area contributed by atoms with Gasteiger partial charge in [0.1, 0.15) is 0 Å². The van der Waals surface area contributed by atoms with Gasteiger partial charge in [0.15, 0.2) is 0 Å². The molecule has 0 fully saturated rings. The van der Waals surface area contributed by atoms with Crippen molar-refractivity contribution in [3.8, 4) is 22.5 Å². The Morgan fingerprint density at radius 2 is 0.953 bits per heavy atom. The normalized spacial score (nSPS) is 16.4. The van der Waals surface area contributed by atoms with E-state index in [-0.39, 0.29) is 0 Å². The molecule has 5 aromatic carbocycles. The van der Waals surface area contributed by atoms with Crippen LogP contribution in [-0.4, -0.2) is 14.0 Å². The van der Waals surface area contributed by atoms with Crippen LogP contribution in [0.25, 0.3) is 67.4 Å². The van der Waals surface area contributed by atoms with Crippen LogP contribution >= 0.6 is 63.7 Å². The zero-order chi connectivity index (χ0) is 29.4. The molecule has 1 aliphatic carbocycles. The van der Waals surface area contributed by atoms with Crippen LogP contribution in [0.3, 0.4) is 0 Å². The van der Waals surface area contributed by atoms with E-state index in [9.17, 15) is 0 Å². The fraction of sp³-hybridized carbons (Fsp3) is 0.0811. The van der Waals surface area contributed by atoms with Crippen molar-refractivity contribution < 1.29 is 0 Å². The quantitative estimate of drug-likeness (QED) is 0.157. The minimum Gasteiger partial charge on any atom is -0.310 e. The summed E-state index contributed by atoms with van der Waals surface area (Å²) in [6, 6.07) is 37.4. The fourth-order valence-corrected chi connectivity index (χ4v) is 7.93. The molecule has 210 valence electrons. The second-order valence-corrected chi connectivity index (χ2v) is 15.0. The maximum absolute atomic E-state index is 3.86. The van der Waals surface area contributed by atoms with E-state index in [0.717, 1.165) is 19.1 Å². The van der Waals surface area contributed by atoms with Crippen LogP contribution in [0.4, 0.5) is 0 Å². The van der Waals surface area contributed by atoms with Gasteiger partial charge in [0.05, 0.1) is 21.9 Å². The number of aromatic nitrogens is 2. The van der Waals surface area contributed by atoms with Gasteiger partial charge in [0, 0.05) is 51.0 Å². The lowest BCUT2D eigenvalue weighted by Gasteiger charge is -2.15. The molecule has 2 heterocycles. The van der Waals surface area contributed by atoms with Crippen molar-refractivity contribution in [3.63, 3.8) is 0 Å². The Kier molecular flexibility index (Phi) is 6.83. The van der Waals surface area contributed by atoms with Crippen LogP contribution in [0.5, 0.6) is 0 Å². The van der Waals surface area contributed by atoms with E-state index in [1.54, 1.807) is 0 Å². The highest BCUT2D eigenvalue weighted by molar-refractivity contribution is 9.11. The Balaban J connectivity index is 1.20. The minimum atomic E-state index is 0.328. The second kappa shape index (κ2) is 10.6. The molecule has 2 nitrogen and oxygen atoms in total. The van der Waals surface area contributed by atoms with Crippen LogP contribution in [0, 0.1) is 5.92 Å². The topological polar surface area (TPSA) is 9.86 Å². The molecule has 0 spiro atoms. The molecule has 8 rings (SSSR count). The minimum absolute atomic E-state index is 0.328. The number of hydrogen-bond donors (Lipinski definition) is 0. The number of hydrogen-bond acceptors (Lipinski definition) is 0. The van der Waals surface area contributed by atoms with E-state index in [2.05, 4.69) is 195 Å². The van der Waals surface area contributed by atoms with E-state index in [4.69, 9.17) is 0 Å². The SMILES string of the molecule is CC1C=c2c(c3cc(Br)ccc3n2-c2ccc(-c3ccc(-n4c5ccc(Br)cc5c5cc(Br)ccc54)cc3)cc2)=C[C@@H]1Br. The number of halogens is 4. The van der Waals surface area contributed by atoms with Gasteiger partial charge in [-0.15, -0.1) is 0 Å². The van der Waals surface area contributed by atoms with Gasteiger partial charge in [-0.2, -0.15) is 0 Å². The molecule has 0 radical (unpaired) electrons. The van der Waals surface area contributed by atoms with E-state index in [0.29, 0.717) is 10.7 Å². The first kappa shape index (κ1) is 27.6. The third-order valence-corrected chi connectivity index (χ3v) is 11.1. The average molecular weight is 816 g/mol. The van der Waals surface area contributed by atoms with Gasteiger partial charge in [0.25, 0.3) is 0 Å². The van der Waals surface area contributed by atoms with Crippen molar-refractivity contribution in [1.82, 2.24) is 9.13 Å². The van der Waals surface area contributed by atoms with Crippen molar-refractivity contribution in [2.24, 2.45) is 5.92 Å². The number of alkyl halides is 1. The van der Waals surface area contributed by atoms with Gasteiger partial charge >= 0.3 is 0 Å². The van der Waals surface area contributed by atoms with Crippen LogP contribution < -0.4 is 10.6 Å². The predicted molar refractivity (Wildman–Crippen MR) is 196 cm³/mol. The number of benzene rings is 5. The first-order chi connectivity index (χ1) is 20.9. The second-order valence-electron chi connectivity index (χ2n) is 11.2. The first-order valence-corrected chi connectivity index (χ1v) is 17.4. The Labute approximate surface area is 282 Å². The van der Waals surface area contributed by atoms with Crippen molar-refractivity contribution >= 4 is 109 Å². The maximum Gasteiger partial charge on any atom is 0.0541 e. The van der Waals surface area contributed by atoms with Gasteiger partial charge in [-0.05, 0) is 95.9 Å². The number of rotatable bonds is 3. The molecule has 0 saturated heterocycles. The number of nitrogens with zero attached hydrogens (tertiary/aromatic N) is 2. The third kappa shape index (κ3) is 4.61. The Morgan fingerprint density at radius 1 is 0.512 bits per heavy atom. The summed E-state index contributed by atoms with van der Waals surface area (Å²) < 4.78 is 8.00. The van der Waals surface area contributed by atoms with Crippen molar-refractivity contribution in [1.29, 1.82) is 0 Å². The molecular weight excluding hydrogens is 792 g/mol. The maximum atomic E-state index is 3.86. The van der Waals surface area contributed by atoms with Crippen molar-refractivity contribution in [2.75, 3.05) is 0 Å². The highest BCUT2D eigenvalue weighted by Gasteiger charge is 2.19. The lowest BCUT2D eigenvalue weighted by Crippen LogP contribution is -2.35. The summed E-state index contributed by atoms with van der Waals surface area (Å²) in [7, 11) is 0. The summed E-state index contributed by atoms with van der Waals surface area (Å²) in [6.45, 7) is 2.26. The molecule has 2 atom stereocenters. The Bertz CT molecular complexity index is 2290. The summed E-state index contributed by atoms with van der Waals surface area (Å²) in [5.41, 5.74) is 8.31. The van der Waals surface area contributed by atoms with Crippen molar-refractivity contribution in [3.05, 3.63) is 127 Å². The van der Waals surface area contributed by atoms with E-state index in [1.165, 1.54) is 60.1 Å². The molecule has 43 heavy (non-hydrogen) atoms. The monoisotopic (exact) mass is 812 g/mol. The summed E-state index contributed by atoms with van der Waals surface area (Å²) in [5.74, 6) is 0.411. The van der Waals surface area contributed by atoms with E-state index < -0.39 is 0 Å². The van der Waals surface area contributed by atoms with Gasteiger partial charge in [-0.25, -0.2) is 0 Å². The Hall–Kier alpha value is -2.90. The predicted octanol–water partition coefficient (Wildman–Crippen LogP) is 10.7. The first-order valence-electron chi connectivity index (χ1n) is 14.1. The van der Waals surface area contributed by atoms with Crippen molar-refractivity contribution in [2.45, 2.75) is 11.8 Å². The lowest BCUT2D eigenvalue weighted by atomic mass is 10.0. The molecule has 0 aliphatic heterocycles. The molecule has 0 N–H and O–H groups in total. The average Bonchev–Trinajstić information content (AvgIpc) is 3.48. The molecule has 6 heteroatoms. The Morgan fingerprint density at radius 3 is 1.47 bits per heavy atom. The largest absolute Gasteiger partial charge is 0.310 e. The van der Waals surface area contributed by atoms with Crippen LogP contribution in [-0.2, 0) is 0 Å². The summed E-state index contributed by atoms with van der Waals surface area (Å²) in [5, 5.41) is 6.28. The fourth-order valence-electron chi connectivity index (χ4n) is 6.43. The molecule has 1 unspecified atom stereocenters. The summed E-state index contributed by atoms with van der Waals surface area (Å²) >= 11 is 14.9. The molecule has 2 aromatic heterocycles.